The molecule has 3 aromatic carbocycles. The summed E-state index contributed by atoms with van der Waals surface area (Å²) in [6, 6.07) is 20.1. The first-order valence-corrected chi connectivity index (χ1v) is 8.29. The Bertz CT molecular complexity index is 933. The summed E-state index contributed by atoms with van der Waals surface area (Å²) in [6.07, 6.45) is 0. The normalized spacial score (nSPS) is 10.5. The first-order chi connectivity index (χ1) is 12.0. The van der Waals surface area contributed by atoms with Gasteiger partial charge in [0.25, 0.3) is 0 Å². The summed E-state index contributed by atoms with van der Waals surface area (Å²) in [5.74, 6) is -0.0670. The van der Waals surface area contributed by atoms with Gasteiger partial charge in [0.15, 0.2) is 11.6 Å². The Morgan fingerprint density at radius 3 is 1.40 bits per heavy atom. The number of ketones is 2. The van der Waals surface area contributed by atoms with Crippen molar-refractivity contribution in [3.8, 4) is 0 Å². The molecule has 25 heavy (non-hydrogen) atoms. The average molecular weight is 328 g/mol. The summed E-state index contributed by atoms with van der Waals surface area (Å²) in [5.41, 5.74) is 5.86. The van der Waals surface area contributed by atoms with Crippen molar-refractivity contribution >= 4 is 11.6 Å². The van der Waals surface area contributed by atoms with Crippen molar-refractivity contribution in [3.63, 3.8) is 0 Å². The molecule has 0 atom stereocenters. The van der Waals surface area contributed by atoms with Crippen molar-refractivity contribution in [2.24, 2.45) is 0 Å². The maximum atomic E-state index is 12.6. The highest BCUT2D eigenvalue weighted by Gasteiger charge is 2.13. The summed E-state index contributed by atoms with van der Waals surface area (Å²) in [7, 11) is 0. The van der Waals surface area contributed by atoms with Crippen LogP contribution < -0.4 is 0 Å². The number of hydrogen-bond acceptors (Lipinski definition) is 2. The van der Waals surface area contributed by atoms with E-state index in [0.29, 0.717) is 22.3 Å². The molecule has 3 aromatic rings. The molecule has 0 aliphatic rings. The lowest BCUT2D eigenvalue weighted by atomic mass is 9.97. The molecule has 0 saturated carbocycles. The second kappa shape index (κ2) is 6.86. The second-order valence-electron chi connectivity index (χ2n) is 6.40. The third-order valence-electron chi connectivity index (χ3n) is 4.49. The van der Waals surface area contributed by atoms with Gasteiger partial charge in [-0.05, 0) is 38.0 Å². The minimum absolute atomic E-state index is 0.0302. The maximum Gasteiger partial charge on any atom is 0.193 e. The maximum absolute atomic E-state index is 12.6. The zero-order chi connectivity index (χ0) is 18.0. The van der Waals surface area contributed by atoms with Gasteiger partial charge in [-0.15, -0.1) is 0 Å². The van der Waals surface area contributed by atoms with E-state index in [1.807, 2.05) is 63.2 Å². The summed E-state index contributed by atoms with van der Waals surface area (Å²) in [4.78, 5) is 25.1. The van der Waals surface area contributed by atoms with Crippen molar-refractivity contribution in [1.82, 2.24) is 0 Å². The Hall–Kier alpha value is -3.00. The Morgan fingerprint density at radius 2 is 0.920 bits per heavy atom. The van der Waals surface area contributed by atoms with Crippen molar-refractivity contribution in [2.45, 2.75) is 20.8 Å². The van der Waals surface area contributed by atoms with Gasteiger partial charge in [-0.1, -0.05) is 66.2 Å². The number of benzene rings is 3. The molecule has 0 bridgehead atoms. The molecule has 0 fully saturated rings. The Morgan fingerprint density at radius 1 is 0.520 bits per heavy atom. The minimum Gasteiger partial charge on any atom is -0.289 e. The molecule has 0 N–H and O–H groups in total. The largest absolute Gasteiger partial charge is 0.289 e. The molecule has 3 rings (SSSR count). The van der Waals surface area contributed by atoms with Gasteiger partial charge in [-0.2, -0.15) is 0 Å². The molecular formula is C23H20O2. The quantitative estimate of drug-likeness (QED) is 0.626. The average Bonchev–Trinajstić information content (AvgIpc) is 2.63. The zero-order valence-corrected chi connectivity index (χ0v) is 14.7. The van der Waals surface area contributed by atoms with E-state index in [9.17, 15) is 9.59 Å². The van der Waals surface area contributed by atoms with Crippen LogP contribution in [0.5, 0.6) is 0 Å². The highest BCUT2D eigenvalue weighted by atomic mass is 16.1. The van der Waals surface area contributed by atoms with Gasteiger partial charge in [0.05, 0.1) is 0 Å². The molecule has 0 unspecified atom stereocenters. The van der Waals surface area contributed by atoms with Gasteiger partial charge in [0.1, 0.15) is 0 Å². The second-order valence-corrected chi connectivity index (χ2v) is 6.40. The van der Waals surface area contributed by atoms with Gasteiger partial charge in [-0.25, -0.2) is 0 Å². The van der Waals surface area contributed by atoms with E-state index in [1.54, 1.807) is 24.3 Å². The van der Waals surface area contributed by atoms with E-state index in [1.165, 1.54) is 0 Å². The van der Waals surface area contributed by atoms with E-state index in [-0.39, 0.29) is 11.6 Å². The molecule has 0 radical (unpaired) electrons. The summed E-state index contributed by atoms with van der Waals surface area (Å²) < 4.78 is 0. The van der Waals surface area contributed by atoms with Crippen LogP contribution in [0.3, 0.4) is 0 Å². The SMILES string of the molecule is Cc1ccc(C(=O)c2ccc(C(=O)c3ccc(C)c(C)c3)cc2)cc1. The number of rotatable bonds is 4. The molecule has 0 aliphatic heterocycles. The van der Waals surface area contributed by atoms with E-state index < -0.39 is 0 Å². The third kappa shape index (κ3) is 3.58. The fourth-order valence-corrected chi connectivity index (χ4v) is 2.69. The molecule has 0 heterocycles. The minimum atomic E-state index is -0.0369. The molecule has 0 aromatic heterocycles. The standard InChI is InChI=1S/C23H20O2/c1-15-4-7-18(8-5-15)22(24)19-10-12-20(13-11-19)23(25)21-9-6-16(2)17(3)14-21/h4-14H,1-3H3. The monoisotopic (exact) mass is 328 g/mol. The highest BCUT2D eigenvalue weighted by molar-refractivity contribution is 6.11. The first-order valence-electron chi connectivity index (χ1n) is 8.29. The fourth-order valence-electron chi connectivity index (χ4n) is 2.69. The molecule has 124 valence electrons. The van der Waals surface area contributed by atoms with E-state index in [0.717, 1.165) is 16.7 Å². The Balaban J connectivity index is 1.84. The molecule has 0 saturated heterocycles. The number of aryl methyl sites for hydroxylation is 3. The van der Waals surface area contributed by atoms with Crippen LogP contribution in [0.4, 0.5) is 0 Å². The Labute approximate surface area is 148 Å². The molecule has 0 spiro atoms. The van der Waals surface area contributed by atoms with Gasteiger partial charge < -0.3 is 0 Å². The lowest BCUT2D eigenvalue weighted by Crippen LogP contribution is -2.05. The van der Waals surface area contributed by atoms with Crippen molar-refractivity contribution in [1.29, 1.82) is 0 Å². The van der Waals surface area contributed by atoms with E-state index >= 15 is 0 Å². The fraction of sp³-hybridized carbons (Fsp3) is 0.130. The molecule has 2 nitrogen and oxygen atoms in total. The van der Waals surface area contributed by atoms with Crippen LogP contribution in [-0.2, 0) is 0 Å². The summed E-state index contributed by atoms with van der Waals surface area (Å²) >= 11 is 0. The first kappa shape index (κ1) is 16.8. The lowest BCUT2D eigenvalue weighted by Gasteiger charge is -2.06. The van der Waals surface area contributed by atoms with Crippen molar-refractivity contribution in [3.05, 3.63) is 106 Å². The third-order valence-corrected chi connectivity index (χ3v) is 4.49. The predicted molar refractivity (Wildman–Crippen MR) is 100 cm³/mol. The van der Waals surface area contributed by atoms with Gasteiger partial charge in [-0.3, -0.25) is 9.59 Å². The van der Waals surface area contributed by atoms with Crippen LogP contribution in [0.2, 0.25) is 0 Å². The van der Waals surface area contributed by atoms with E-state index in [4.69, 9.17) is 0 Å². The zero-order valence-electron chi connectivity index (χ0n) is 14.7. The van der Waals surface area contributed by atoms with Gasteiger partial charge >= 0.3 is 0 Å². The number of carbonyl (C=O) groups excluding carboxylic acids is 2. The van der Waals surface area contributed by atoms with Crippen LogP contribution in [0.15, 0.2) is 66.7 Å². The summed E-state index contributed by atoms with van der Waals surface area (Å²) in [6.45, 7) is 6.01. The molecule has 2 heteroatoms. The predicted octanol–water partition coefficient (Wildman–Crippen LogP) is 5.07. The molecule has 0 aliphatic carbocycles. The van der Waals surface area contributed by atoms with Gasteiger partial charge in [0.2, 0.25) is 0 Å². The van der Waals surface area contributed by atoms with Crippen LogP contribution >= 0.6 is 0 Å². The van der Waals surface area contributed by atoms with Crippen molar-refractivity contribution in [2.75, 3.05) is 0 Å². The van der Waals surface area contributed by atoms with Crippen LogP contribution in [0.25, 0.3) is 0 Å². The summed E-state index contributed by atoms with van der Waals surface area (Å²) in [5, 5.41) is 0. The van der Waals surface area contributed by atoms with Crippen molar-refractivity contribution < 1.29 is 9.59 Å². The molecule has 0 amide bonds. The van der Waals surface area contributed by atoms with Crippen LogP contribution in [0, 0.1) is 20.8 Å². The van der Waals surface area contributed by atoms with E-state index in [2.05, 4.69) is 0 Å². The Kier molecular flexibility index (Phi) is 4.62. The van der Waals surface area contributed by atoms with Gasteiger partial charge in [0, 0.05) is 22.3 Å². The molecular weight excluding hydrogens is 308 g/mol. The topological polar surface area (TPSA) is 34.1 Å². The number of hydrogen-bond donors (Lipinski definition) is 0. The van der Waals surface area contributed by atoms with Crippen LogP contribution in [0.1, 0.15) is 48.5 Å². The van der Waals surface area contributed by atoms with Crippen LogP contribution in [-0.4, -0.2) is 11.6 Å². The smallest absolute Gasteiger partial charge is 0.193 e. The lowest BCUT2D eigenvalue weighted by molar-refractivity contribution is 0.102. The number of carbonyl (C=O) groups is 2. The highest BCUT2D eigenvalue weighted by Crippen LogP contribution is 2.17.